The van der Waals surface area contributed by atoms with Crippen LogP contribution in [0.5, 0.6) is 0 Å². The van der Waals surface area contributed by atoms with Crippen molar-refractivity contribution in [1.82, 2.24) is 0 Å². The van der Waals surface area contributed by atoms with E-state index in [4.69, 9.17) is 69.6 Å². The van der Waals surface area contributed by atoms with Crippen LogP contribution in [0.4, 0.5) is 0 Å². The van der Waals surface area contributed by atoms with E-state index in [9.17, 15) is 29.7 Å². The molecular weight excluding hydrogens is 532 g/mol. The Morgan fingerprint density at radius 1 is 0.591 bits per heavy atom. The van der Waals surface area contributed by atoms with Crippen LogP contribution in [0.1, 0.15) is 0 Å². The van der Waals surface area contributed by atoms with E-state index in [-0.39, 0.29) is 25.8 Å². The summed E-state index contributed by atoms with van der Waals surface area (Å²) in [6, 6.07) is 0. The minimum absolute atomic E-state index is 0. The number of carbonyl (C=O) groups excluding carboxylic acids is 3. The van der Waals surface area contributed by atoms with Crippen LogP contribution in [0.3, 0.4) is 0 Å². The fraction of sp³-hybridized carbons (Fsp3) is 0. The van der Waals surface area contributed by atoms with Crippen molar-refractivity contribution in [1.29, 1.82) is 0 Å². The normalized spacial score (nSPS) is 10.9. The second-order valence-corrected chi connectivity index (χ2v) is 4.11. The number of rotatable bonds is 3. The zero-order valence-electron chi connectivity index (χ0n) is 10.0. The Hall–Kier alpha value is 0.240. The van der Waals surface area contributed by atoms with Crippen LogP contribution in [0.2, 0.25) is 0 Å². The number of aliphatic carboxylic acids is 3. The van der Waals surface area contributed by atoms with Gasteiger partial charge in [0.15, 0.2) is 0 Å². The van der Waals surface area contributed by atoms with Crippen LogP contribution in [-0.2, 0) is 14.4 Å². The minimum atomic E-state index is -1.46. The van der Waals surface area contributed by atoms with Gasteiger partial charge in [-0.2, -0.15) is 0 Å². The molecule has 0 saturated carbocycles. The third kappa shape index (κ3) is 22.5. The van der Waals surface area contributed by atoms with Gasteiger partial charge in [-0.25, -0.2) is 0 Å². The summed E-state index contributed by atoms with van der Waals surface area (Å²) >= 11 is 29.1. The average Bonchev–Trinajstić information content (AvgIpc) is 2.45. The molecule has 0 unspecified atom stereocenters. The van der Waals surface area contributed by atoms with Crippen molar-refractivity contribution in [3.8, 4) is 0 Å². The molecule has 0 heterocycles. The Morgan fingerprint density at radius 2 is 0.727 bits per heavy atom. The van der Waals surface area contributed by atoms with Gasteiger partial charge >= 0.3 is 25.8 Å². The number of halogens is 6. The van der Waals surface area contributed by atoms with E-state index in [0.29, 0.717) is 0 Å². The van der Waals surface area contributed by atoms with Crippen molar-refractivity contribution < 1.29 is 29.7 Å². The van der Waals surface area contributed by atoms with Gasteiger partial charge in [0, 0.05) is 16.6 Å². The molecule has 6 nitrogen and oxygen atoms in total. The second-order valence-electron chi connectivity index (χ2n) is 2.23. The Balaban J connectivity index is -0.000000108. The van der Waals surface area contributed by atoms with Crippen molar-refractivity contribution in [2.75, 3.05) is 0 Å². The monoisotopic (exact) mass is 532 g/mol. The van der Waals surface area contributed by atoms with E-state index < -0.39 is 33.0 Å². The summed E-state index contributed by atoms with van der Waals surface area (Å²) in [5, 5.41) is 27.1. The molecule has 0 fully saturated rings. The van der Waals surface area contributed by atoms with Crippen LogP contribution in [0.25, 0.3) is 0 Å². The van der Waals surface area contributed by atoms with Gasteiger partial charge in [0.2, 0.25) is 0 Å². The van der Waals surface area contributed by atoms with E-state index in [1.165, 1.54) is 0 Å². The Morgan fingerprint density at radius 3 is 0.727 bits per heavy atom. The van der Waals surface area contributed by atoms with Crippen molar-refractivity contribution in [2.45, 2.75) is 0 Å². The zero-order valence-corrected chi connectivity index (χ0v) is 17.9. The summed E-state index contributed by atoms with van der Waals surface area (Å²) in [6.45, 7) is 0. The maximum atomic E-state index is 9.53. The van der Waals surface area contributed by atoms with E-state index in [1.807, 2.05) is 0 Å². The molecule has 0 aliphatic rings. The zero-order chi connectivity index (χ0) is 17.6. The SMILES string of the molecule is O=C([O-])/C(Cl)=C/Cl.O=C([O-])/C(Cl)=C/Cl.O=C([O-])/C(Cl)=C/Cl.[In+3]. The first kappa shape index (κ1) is 30.2. The number of carboxylic acids is 3. The Kier molecular flexibility index (Phi) is 26.4. The first-order valence-corrected chi connectivity index (χ1v) is 6.51. The van der Waals surface area contributed by atoms with E-state index in [2.05, 4.69) is 0 Å². The summed E-state index contributed by atoms with van der Waals surface area (Å²) in [6.07, 6.45) is 0. The van der Waals surface area contributed by atoms with Crippen LogP contribution in [-0.4, -0.2) is 43.8 Å². The smallest absolute Gasteiger partial charge is 0.544 e. The predicted molar refractivity (Wildman–Crippen MR) is 80.1 cm³/mol. The summed E-state index contributed by atoms with van der Waals surface area (Å²) in [7, 11) is 0. The maximum Gasteiger partial charge on any atom is 3.00 e. The fourth-order valence-electron chi connectivity index (χ4n) is 0.134. The quantitative estimate of drug-likeness (QED) is 0.462. The van der Waals surface area contributed by atoms with Crippen molar-refractivity contribution in [3.05, 3.63) is 31.7 Å². The molecule has 0 aromatic carbocycles. The van der Waals surface area contributed by atoms with Crippen molar-refractivity contribution >= 4 is 113 Å². The van der Waals surface area contributed by atoms with E-state index >= 15 is 0 Å². The van der Waals surface area contributed by atoms with Gasteiger partial charge in [0.05, 0.1) is 33.0 Å². The molecule has 0 rings (SSSR count). The number of hydrogen-bond donors (Lipinski definition) is 0. The number of carboxylic acid groups (broad SMARTS) is 3. The molecule has 0 saturated heterocycles. The van der Waals surface area contributed by atoms with E-state index in [1.54, 1.807) is 0 Å². The molecule has 0 aromatic heterocycles. The van der Waals surface area contributed by atoms with Gasteiger partial charge in [0.25, 0.3) is 0 Å². The molecule has 13 heteroatoms. The summed E-state index contributed by atoms with van der Waals surface area (Å²) in [5.41, 5.74) is 2.20. The van der Waals surface area contributed by atoms with Crippen molar-refractivity contribution in [3.63, 3.8) is 0 Å². The topological polar surface area (TPSA) is 120 Å². The van der Waals surface area contributed by atoms with Gasteiger partial charge < -0.3 is 29.7 Å². The van der Waals surface area contributed by atoms with Crippen LogP contribution in [0.15, 0.2) is 31.7 Å². The number of hydrogen-bond acceptors (Lipinski definition) is 6. The first-order valence-electron chi connectivity index (χ1n) is 4.06. The molecule has 120 valence electrons. The first-order chi connectivity index (χ1) is 9.54. The molecule has 0 bridgehead atoms. The standard InChI is InChI=1S/3C3H2Cl2O2.In/c3*4-1-2(5)3(6)7;/h3*1H,(H,6,7);/q;;;+3/p-3/b3*2-1-;. The van der Waals surface area contributed by atoms with Gasteiger partial charge in [-0.05, 0) is 0 Å². The summed E-state index contributed by atoms with van der Waals surface area (Å²) in [4.78, 5) is 28.6. The van der Waals surface area contributed by atoms with Gasteiger partial charge in [0.1, 0.15) is 0 Å². The molecular formula is C9H3Cl6InO6. The molecule has 0 amide bonds. The molecule has 0 N–H and O–H groups in total. The molecule has 0 aliphatic carbocycles. The second kappa shape index (κ2) is 19.3. The molecule has 0 aromatic rings. The maximum absolute atomic E-state index is 9.53. The van der Waals surface area contributed by atoms with Gasteiger partial charge in [-0.1, -0.05) is 69.6 Å². The third-order valence-corrected chi connectivity index (χ3v) is 2.65. The van der Waals surface area contributed by atoms with E-state index in [0.717, 1.165) is 16.6 Å². The van der Waals surface area contributed by atoms with Gasteiger partial charge in [-0.3, -0.25) is 0 Å². The van der Waals surface area contributed by atoms with Crippen LogP contribution >= 0.6 is 69.6 Å². The number of carbonyl (C=O) groups is 3. The fourth-order valence-corrected chi connectivity index (χ4v) is 0.401. The largest absolute Gasteiger partial charge is 3.00 e. The average molecular weight is 535 g/mol. The van der Waals surface area contributed by atoms with Gasteiger partial charge in [-0.15, -0.1) is 0 Å². The third-order valence-electron chi connectivity index (χ3n) is 0.872. The van der Waals surface area contributed by atoms with Crippen LogP contribution in [0, 0.1) is 0 Å². The molecule has 22 heavy (non-hydrogen) atoms. The Labute approximate surface area is 173 Å². The minimum Gasteiger partial charge on any atom is -0.544 e. The van der Waals surface area contributed by atoms with Crippen molar-refractivity contribution in [2.24, 2.45) is 0 Å². The molecule has 0 radical (unpaired) electrons. The Bertz CT molecular complexity index is 395. The molecule has 0 atom stereocenters. The van der Waals surface area contributed by atoms with Crippen LogP contribution < -0.4 is 15.3 Å². The molecule has 0 aliphatic heterocycles. The predicted octanol–water partition coefficient (Wildman–Crippen LogP) is -0.215. The molecule has 0 spiro atoms. The summed E-state index contributed by atoms with van der Waals surface area (Å²) < 4.78 is 0. The summed E-state index contributed by atoms with van der Waals surface area (Å²) in [5.74, 6) is -4.38.